The first kappa shape index (κ1) is 23.8. The van der Waals surface area contributed by atoms with Crippen LogP contribution in [0.1, 0.15) is 37.0 Å². The summed E-state index contributed by atoms with van der Waals surface area (Å²) in [5.41, 5.74) is 0.479. The van der Waals surface area contributed by atoms with Crippen molar-refractivity contribution < 1.29 is 17.9 Å². The number of nitrogens with one attached hydrogen (secondary N) is 1. The van der Waals surface area contributed by atoms with E-state index in [0.717, 1.165) is 17.1 Å². The number of hydrogen-bond donors (Lipinski definition) is 1. The lowest BCUT2D eigenvalue weighted by atomic mass is 9.98. The number of aromatic amines is 1. The summed E-state index contributed by atoms with van der Waals surface area (Å²) in [4.78, 5) is 30.8. The summed E-state index contributed by atoms with van der Waals surface area (Å²) in [5.74, 6) is 0.878. The number of fused-ring (bicyclic) bond motifs is 1. The van der Waals surface area contributed by atoms with E-state index in [0.29, 0.717) is 42.6 Å². The largest absolute Gasteiger partial charge is 0.494 e. The number of ether oxygens (including phenoxy) is 1. The number of aromatic nitrogens is 1. The van der Waals surface area contributed by atoms with E-state index in [1.165, 1.54) is 25.4 Å². The first-order valence-electron chi connectivity index (χ1n) is 11.4. The smallest absolute Gasteiger partial charge is 0.264 e. The quantitative estimate of drug-likeness (QED) is 0.577. The molecule has 1 N–H and O–H groups in total. The first-order valence-corrected chi connectivity index (χ1v) is 12.8. The highest BCUT2D eigenvalue weighted by Gasteiger charge is 2.26. The van der Waals surface area contributed by atoms with Crippen LogP contribution < -0.4 is 14.5 Å². The Morgan fingerprint density at radius 2 is 1.82 bits per heavy atom. The van der Waals surface area contributed by atoms with Crippen LogP contribution in [0.15, 0.2) is 58.4 Å². The molecular weight excluding hydrogens is 454 g/mol. The number of likely N-dealkylation sites (tertiary alicyclic amines) is 1. The van der Waals surface area contributed by atoms with Gasteiger partial charge in [0.15, 0.2) is 0 Å². The predicted molar refractivity (Wildman–Crippen MR) is 132 cm³/mol. The second-order valence-electron chi connectivity index (χ2n) is 8.61. The summed E-state index contributed by atoms with van der Waals surface area (Å²) in [6.07, 6.45) is 3.22. The fourth-order valence-electron chi connectivity index (χ4n) is 4.11. The second-order valence-corrected chi connectivity index (χ2v) is 10.6. The van der Waals surface area contributed by atoms with Gasteiger partial charge >= 0.3 is 0 Å². The summed E-state index contributed by atoms with van der Waals surface area (Å²) in [5, 5.41) is 0.164. The van der Waals surface area contributed by atoms with E-state index in [9.17, 15) is 18.0 Å². The minimum atomic E-state index is -3.94. The molecule has 1 aliphatic heterocycles. The number of amides is 1. The highest BCUT2D eigenvalue weighted by atomic mass is 32.2. The minimum absolute atomic E-state index is 0.0245. The average molecular weight is 484 g/mol. The number of anilines is 1. The molecule has 1 fully saturated rings. The lowest BCUT2D eigenvalue weighted by molar-refractivity contribution is 0.0695. The van der Waals surface area contributed by atoms with E-state index in [-0.39, 0.29) is 21.8 Å². The van der Waals surface area contributed by atoms with Gasteiger partial charge in [0.1, 0.15) is 11.3 Å². The zero-order valence-corrected chi connectivity index (χ0v) is 20.4. The van der Waals surface area contributed by atoms with Crippen molar-refractivity contribution in [3.8, 4) is 5.75 Å². The molecule has 1 amide bonds. The van der Waals surface area contributed by atoms with E-state index < -0.39 is 15.5 Å². The zero-order valence-electron chi connectivity index (χ0n) is 19.6. The molecule has 0 saturated carbocycles. The Balaban J connectivity index is 1.67. The van der Waals surface area contributed by atoms with Crippen molar-refractivity contribution >= 4 is 32.5 Å². The van der Waals surface area contributed by atoms with Crippen molar-refractivity contribution in [2.45, 2.75) is 31.6 Å². The van der Waals surface area contributed by atoms with E-state index >= 15 is 0 Å². The maximum Gasteiger partial charge on any atom is 0.264 e. The molecule has 1 saturated heterocycles. The first-order chi connectivity index (χ1) is 16.2. The summed E-state index contributed by atoms with van der Waals surface area (Å²) >= 11 is 0. The van der Waals surface area contributed by atoms with Crippen molar-refractivity contribution in [3.05, 3.63) is 64.4 Å². The molecule has 0 bridgehead atoms. The van der Waals surface area contributed by atoms with Gasteiger partial charge in [-0.15, -0.1) is 0 Å². The Hall–Kier alpha value is -3.33. The lowest BCUT2D eigenvalue weighted by Gasteiger charge is -2.30. The third-order valence-electron chi connectivity index (χ3n) is 6.32. The molecule has 0 atom stereocenters. The fourth-order valence-corrected chi connectivity index (χ4v) is 5.34. The van der Waals surface area contributed by atoms with Gasteiger partial charge in [0.25, 0.3) is 15.9 Å². The molecule has 2 aromatic carbocycles. The molecule has 0 radical (unpaired) electrons. The normalized spacial score (nSPS) is 14.9. The average Bonchev–Trinajstić information content (AvgIpc) is 2.84. The van der Waals surface area contributed by atoms with Gasteiger partial charge in [0.05, 0.1) is 17.2 Å². The van der Waals surface area contributed by atoms with Crippen molar-refractivity contribution in [2.75, 3.05) is 31.0 Å². The van der Waals surface area contributed by atoms with Crippen LogP contribution in [0, 0.1) is 5.92 Å². The van der Waals surface area contributed by atoms with Gasteiger partial charge < -0.3 is 14.6 Å². The molecule has 0 unspecified atom stereocenters. The second kappa shape index (κ2) is 9.50. The lowest BCUT2D eigenvalue weighted by Crippen LogP contribution is -2.40. The van der Waals surface area contributed by atoms with Gasteiger partial charge in [0, 0.05) is 37.2 Å². The molecular formula is C25H29N3O5S. The number of hydrogen-bond acceptors (Lipinski definition) is 5. The standard InChI is InChI=1S/C25H29N3O5S/c1-4-33-19-7-5-18(6-8-19)27(3)34(31,32)20-9-10-23-21(15-20)24(29)22(16-26-23)25(30)28-13-11-17(2)12-14-28/h5-10,15-17H,4,11-14H2,1-3H3,(H,26,29). The molecule has 2 heterocycles. The summed E-state index contributed by atoms with van der Waals surface area (Å²) < 4.78 is 33.2. The number of carbonyl (C=O) groups is 1. The topological polar surface area (TPSA) is 99.8 Å². The Morgan fingerprint density at radius 1 is 1.15 bits per heavy atom. The summed E-state index contributed by atoms with van der Waals surface area (Å²) in [7, 11) is -2.49. The van der Waals surface area contributed by atoms with Crippen molar-refractivity contribution in [1.29, 1.82) is 0 Å². The molecule has 9 heteroatoms. The Kier molecular flexibility index (Phi) is 6.65. The number of piperidine rings is 1. The van der Waals surface area contributed by atoms with Gasteiger partial charge in [-0.25, -0.2) is 8.42 Å². The number of nitrogens with zero attached hydrogens (tertiary/aromatic N) is 2. The van der Waals surface area contributed by atoms with Crippen molar-refractivity contribution in [2.24, 2.45) is 5.92 Å². The number of rotatable bonds is 6. The minimum Gasteiger partial charge on any atom is -0.494 e. The maximum atomic E-state index is 13.3. The molecule has 8 nitrogen and oxygen atoms in total. The van der Waals surface area contributed by atoms with Crippen LogP contribution in [-0.4, -0.2) is 51.0 Å². The van der Waals surface area contributed by atoms with Crippen LogP contribution in [0.3, 0.4) is 0 Å². The molecule has 4 rings (SSSR count). The maximum absolute atomic E-state index is 13.3. The van der Waals surface area contributed by atoms with Crippen LogP contribution in [-0.2, 0) is 10.0 Å². The van der Waals surface area contributed by atoms with Gasteiger partial charge in [-0.1, -0.05) is 6.92 Å². The number of benzene rings is 2. The van der Waals surface area contributed by atoms with Crippen LogP contribution in [0.25, 0.3) is 10.9 Å². The van der Waals surface area contributed by atoms with E-state index in [4.69, 9.17) is 4.74 Å². The van der Waals surface area contributed by atoms with Crippen LogP contribution in [0.5, 0.6) is 5.75 Å². The zero-order chi connectivity index (χ0) is 24.5. The van der Waals surface area contributed by atoms with Crippen LogP contribution >= 0.6 is 0 Å². The number of sulfonamides is 1. The summed E-state index contributed by atoms with van der Waals surface area (Å²) in [6.45, 7) is 5.76. The van der Waals surface area contributed by atoms with Gasteiger partial charge in [-0.3, -0.25) is 13.9 Å². The third-order valence-corrected chi connectivity index (χ3v) is 8.10. The van der Waals surface area contributed by atoms with Crippen molar-refractivity contribution in [3.63, 3.8) is 0 Å². The molecule has 180 valence electrons. The van der Waals surface area contributed by atoms with Gasteiger partial charge in [-0.05, 0) is 68.1 Å². The molecule has 3 aromatic rings. The van der Waals surface area contributed by atoms with E-state index in [2.05, 4.69) is 11.9 Å². The number of carbonyl (C=O) groups excluding carboxylic acids is 1. The highest BCUT2D eigenvalue weighted by Crippen LogP contribution is 2.26. The van der Waals surface area contributed by atoms with Crippen molar-refractivity contribution in [1.82, 2.24) is 9.88 Å². The molecule has 1 aliphatic rings. The Labute approximate surface area is 199 Å². The molecule has 0 spiro atoms. The van der Waals surface area contributed by atoms with Gasteiger partial charge in [-0.2, -0.15) is 0 Å². The fraction of sp³-hybridized carbons (Fsp3) is 0.360. The van der Waals surface area contributed by atoms with Gasteiger partial charge in [0.2, 0.25) is 5.43 Å². The van der Waals surface area contributed by atoms with Crippen LogP contribution in [0.2, 0.25) is 0 Å². The monoisotopic (exact) mass is 483 g/mol. The predicted octanol–water partition coefficient (Wildman–Crippen LogP) is 3.62. The summed E-state index contributed by atoms with van der Waals surface area (Å²) in [6, 6.07) is 11.1. The molecule has 0 aliphatic carbocycles. The number of pyridine rings is 1. The Morgan fingerprint density at radius 3 is 2.47 bits per heavy atom. The van der Waals surface area contributed by atoms with Crippen LogP contribution in [0.4, 0.5) is 5.69 Å². The highest BCUT2D eigenvalue weighted by molar-refractivity contribution is 7.92. The number of H-pyrrole nitrogens is 1. The van der Waals surface area contributed by atoms with E-state index in [1.807, 2.05) is 6.92 Å². The SMILES string of the molecule is CCOc1ccc(N(C)S(=O)(=O)c2ccc3[nH]cc(C(=O)N4CCC(C)CC4)c(=O)c3c2)cc1. The third kappa shape index (κ3) is 4.52. The Bertz CT molecular complexity index is 1360. The molecule has 34 heavy (non-hydrogen) atoms. The molecule has 1 aromatic heterocycles. The van der Waals surface area contributed by atoms with E-state index in [1.54, 1.807) is 35.2 Å².